The highest BCUT2D eigenvalue weighted by atomic mass is 19.2. The number of amides is 3. The molecule has 11 nitrogen and oxygen atoms in total. The number of carbonyl (C=O) groups excluding carboxylic acids is 4. The van der Waals surface area contributed by atoms with Crippen molar-refractivity contribution in [3.05, 3.63) is 53.6 Å². The lowest BCUT2D eigenvalue weighted by atomic mass is 10.1. The Morgan fingerprint density at radius 1 is 0.923 bits per heavy atom. The lowest BCUT2D eigenvalue weighted by molar-refractivity contribution is -0.139. The van der Waals surface area contributed by atoms with E-state index in [0.29, 0.717) is 5.75 Å². The maximum atomic E-state index is 13.8. The number of rotatable bonds is 12. The Kier molecular flexibility index (Phi) is 10.8. The number of hydrogen-bond donors (Lipinski definition) is 4. The third-order valence-corrected chi connectivity index (χ3v) is 5.08. The summed E-state index contributed by atoms with van der Waals surface area (Å²) in [6.07, 6.45) is -1.15. The van der Waals surface area contributed by atoms with Crippen LogP contribution in [0, 0.1) is 23.3 Å². The van der Waals surface area contributed by atoms with Gasteiger partial charge in [0.1, 0.15) is 18.4 Å². The van der Waals surface area contributed by atoms with Gasteiger partial charge in [-0.05, 0) is 37.6 Å². The minimum Gasteiger partial charge on any atom is -0.497 e. The van der Waals surface area contributed by atoms with Crippen LogP contribution in [0.15, 0.2) is 30.3 Å². The molecule has 3 amide bonds. The molecule has 0 saturated carbocycles. The summed E-state index contributed by atoms with van der Waals surface area (Å²) in [5.41, 5.74) is 0.249. The van der Waals surface area contributed by atoms with Gasteiger partial charge < -0.3 is 30.5 Å². The van der Waals surface area contributed by atoms with Crippen molar-refractivity contribution < 1.29 is 56.1 Å². The lowest BCUT2D eigenvalue weighted by Gasteiger charge is -2.20. The number of ketones is 1. The first kappa shape index (κ1) is 30.5. The molecule has 2 rings (SSSR count). The van der Waals surface area contributed by atoms with Crippen LogP contribution in [0.3, 0.4) is 0 Å². The average molecular weight is 557 g/mol. The predicted octanol–water partition coefficient (Wildman–Crippen LogP) is 1.69. The monoisotopic (exact) mass is 557 g/mol. The summed E-state index contributed by atoms with van der Waals surface area (Å²) in [7, 11) is 1.44. The van der Waals surface area contributed by atoms with Crippen LogP contribution in [0.1, 0.15) is 19.8 Å². The molecular weight excluding hydrogens is 534 g/mol. The molecule has 0 aromatic heterocycles. The predicted molar refractivity (Wildman–Crippen MR) is 125 cm³/mol. The number of nitrogens with one attached hydrogen (secondary N) is 3. The van der Waals surface area contributed by atoms with Crippen molar-refractivity contribution >= 4 is 35.2 Å². The maximum absolute atomic E-state index is 13.8. The van der Waals surface area contributed by atoms with Crippen LogP contribution in [0.25, 0.3) is 0 Å². The molecule has 0 aliphatic heterocycles. The summed E-state index contributed by atoms with van der Waals surface area (Å²) in [5, 5.41) is 15.4. The van der Waals surface area contributed by atoms with E-state index in [0.717, 1.165) is 6.92 Å². The molecule has 4 N–H and O–H groups in total. The smallest absolute Gasteiger partial charge is 0.313 e. The number of carboxylic acid groups (broad SMARTS) is 1. The average Bonchev–Trinajstić information content (AvgIpc) is 2.89. The van der Waals surface area contributed by atoms with Crippen LogP contribution < -0.4 is 25.4 Å². The molecule has 0 unspecified atom stereocenters. The molecule has 0 saturated heterocycles. The number of carbonyl (C=O) groups is 5. The van der Waals surface area contributed by atoms with Crippen LogP contribution in [0.4, 0.5) is 23.2 Å². The molecule has 0 spiro atoms. The van der Waals surface area contributed by atoms with Crippen LogP contribution >= 0.6 is 0 Å². The lowest BCUT2D eigenvalue weighted by Crippen LogP contribution is -2.52. The standard InChI is InChI=1S/C24H23F4N3O8/c1-11(29-23(36)24(37)30-12-3-5-13(38-2)6-4-12)22(35)31-16(7-8-18(33)34)17(32)10-39-21-19(27)14(25)9-15(26)20(21)28/h3-6,9,11,16H,7-8,10H2,1-2H3,(H,29,36)(H,30,37)(H,31,35)(H,33,34)/t11-,16-/m0/s1. The molecule has 210 valence electrons. The molecule has 39 heavy (non-hydrogen) atoms. The van der Waals surface area contributed by atoms with Gasteiger partial charge in [0.05, 0.1) is 13.2 Å². The summed E-state index contributed by atoms with van der Waals surface area (Å²) in [5.74, 6) is -14.2. The molecule has 2 aromatic rings. The van der Waals surface area contributed by atoms with Crippen molar-refractivity contribution in [3.8, 4) is 11.5 Å². The fourth-order valence-corrected chi connectivity index (χ4v) is 2.99. The van der Waals surface area contributed by atoms with E-state index in [1.807, 2.05) is 0 Å². The summed E-state index contributed by atoms with van der Waals surface area (Å²) < 4.78 is 63.8. The zero-order chi connectivity index (χ0) is 29.3. The highest BCUT2D eigenvalue weighted by Crippen LogP contribution is 2.26. The summed E-state index contributed by atoms with van der Waals surface area (Å²) in [6.45, 7) is -0.0459. The van der Waals surface area contributed by atoms with Gasteiger partial charge in [0.15, 0.2) is 23.2 Å². The van der Waals surface area contributed by atoms with E-state index in [1.165, 1.54) is 31.4 Å². The third-order valence-electron chi connectivity index (χ3n) is 5.08. The van der Waals surface area contributed by atoms with Gasteiger partial charge in [0.25, 0.3) is 0 Å². The van der Waals surface area contributed by atoms with E-state index in [9.17, 15) is 41.5 Å². The molecule has 0 aliphatic carbocycles. The van der Waals surface area contributed by atoms with E-state index in [2.05, 4.69) is 20.7 Å². The second kappa shape index (κ2) is 13.7. The van der Waals surface area contributed by atoms with Crippen molar-refractivity contribution in [1.82, 2.24) is 10.6 Å². The third kappa shape index (κ3) is 8.69. The fraction of sp³-hybridized carbons (Fsp3) is 0.292. The van der Waals surface area contributed by atoms with Gasteiger partial charge in [-0.2, -0.15) is 8.78 Å². The van der Waals surface area contributed by atoms with Gasteiger partial charge >= 0.3 is 17.8 Å². The topological polar surface area (TPSA) is 160 Å². The Balaban J connectivity index is 2.02. The van der Waals surface area contributed by atoms with Crippen molar-refractivity contribution in [3.63, 3.8) is 0 Å². The zero-order valence-electron chi connectivity index (χ0n) is 20.5. The SMILES string of the molecule is COc1ccc(NC(=O)C(=O)N[C@@H](C)C(=O)N[C@@H](CCC(=O)O)C(=O)COc2c(F)c(F)cc(F)c2F)cc1. The molecule has 15 heteroatoms. The van der Waals surface area contributed by atoms with Crippen molar-refractivity contribution in [2.75, 3.05) is 19.0 Å². The largest absolute Gasteiger partial charge is 0.497 e. The van der Waals surface area contributed by atoms with Crippen molar-refractivity contribution in [2.45, 2.75) is 31.8 Å². The second-order valence-electron chi connectivity index (χ2n) is 7.92. The molecule has 0 bridgehead atoms. The zero-order valence-corrected chi connectivity index (χ0v) is 20.5. The van der Waals surface area contributed by atoms with E-state index in [-0.39, 0.29) is 11.8 Å². The first-order chi connectivity index (χ1) is 18.3. The van der Waals surface area contributed by atoms with Gasteiger partial charge in [-0.15, -0.1) is 0 Å². The first-order valence-corrected chi connectivity index (χ1v) is 11.1. The number of carboxylic acids is 1. The van der Waals surface area contributed by atoms with Gasteiger partial charge in [0, 0.05) is 18.2 Å². The number of aliphatic carboxylic acids is 1. The van der Waals surface area contributed by atoms with E-state index >= 15 is 0 Å². The van der Waals surface area contributed by atoms with E-state index < -0.39 is 90.0 Å². The number of anilines is 1. The van der Waals surface area contributed by atoms with Gasteiger partial charge in [-0.25, -0.2) is 8.78 Å². The van der Waals surface area contributed by atoms with Gasteiger partial charge in [-0.1, -0.05) is 0 Å². The number of ether oxygens (including phenoxy) is 2. The number of hydrogen-bond acceptors (Lipinski definition) is 7. The number of methoxy groups -OCH3 is 1. The molecule has 0 fully saturated rings. The Morgan fingerprint density at radius 2 is 1.51 bits per heavy atom. The molecule has 2 aromatic carbocycles. The molecule has 0 heterocycles. The first-order valence-electron chi connectivity index (χ1n) is 11.1. The highest BCUT2D eigenvalue weighted by Gasteiger charge is 2.28. The fourth-order valence-electron chi connectivity index (χ4n) is 2.99. The number of Topliss-reactive ketones (excluding diaryl/α,β-unsaturated/α-hetero) is 1. The quantitative estimate of drug-likeness (QED) is 0.174. The van der Waals surface area contributed by atoms with Gasteiger partial charge in [0.2, 0.25) is 17.5 Å². The van der Waals surface area contributed by atoms with Crippen LogP contribution in [-0.2, 0) is 24.0 Å². The van der Waals surface area contributed by atoms with E-state index in [4.69, 9.17) is 9.84 Å². The molecule has 2 atom stereocenters. The van der Waals surface area contributed by atoms with Crippen LogP contribution in [-0.4, -0.2) is 60.4 Å². The molecule has 0 radical (unpaired) electrons. The number of halogens is 4. The summed E-state index contributed by atoms with van der Waals surface area (Å²) in [6, 6.07) is 2.87. The molecular formula is C24H23F4N3O8. The minimum atomic E-state index is -1.91. The summed E-state index contributed by atoms with van der Waals surface area (Å²) >= 11 is 0. The minimum absolute atomic E-state index is 0.0673. The Bertz CT molecular complexity index is 1230. The summed E-state index contributed by atoms with van der Waals surface area (Å²) in [4.78, 5) is 60.3. The Morgan fingerprint density at radius 3 is 2.05 bits per heavy atom. The maximum Gasteiger partial charge on any atom is 0.313 e. The van der Waals surface area contributed by atoms with Gasteiger partial charge in [-0.3, -0.25) is 24.0 Å². The van der Waals surface area contributed by atoms with E-state index in [1.54, 1.807) is 0 Å². The normalized spacial score (nSPS) is 12.1. The van der Waals surface area contributed by atoms with Crippen molar-refractivity contribution in [2.24, 2.45) is 0 Å². The number of benzene rings is 2. The Labute approximate surface area is 218 Å². The highest BCUT2D eigenvalue weighted by molar-refractivity contribution is 6.40. The van der Waals surface area contributed by atoms with Crippen LogP contribution in [0.2, 0.25) is 0 Å². The second-order valence-corrected chi connectivity index (χ2v) is 7.92. The van der Waals surface area contributed by atoms with Crippen LogP contribution in [0.5, 0.6) is 11.5 Å². The Hall–Kier alpha value is -4.69. The van der Waals surface area contributed by atoms with Crippen molar-refractivity contribution in [1.29, 1.82) is 0 Å². The molecule has 0 aliphatic rings.